The maximum Gasteiger partial charge on any atom is 0.317 e. The molecule has 214 valence electrons. The molecule has 1 aliphatic carbocycles. The molecule has 0 spiro atoms. The molecule has 1 saturated carbocycles. The molecular weight excluding hydrogens is 542 g/mol. The van der Waals surface area contributed by atoms with Crippen molar-refractivity contribution < 1.29 is 9.84 Å². The van der Waals surface area contributed by atoms with Crippen LogP contribution in [0, 0.1) is 0 Å². The highest BCUT2D eigenvalue weighted by atomic mass is 35.5. The van der Waals surface area contributed by atoms with Gasteiger partial charge in [0.05, 0.1) is 28.5 Å². The first-order chi connectivity index (χ1) is 20.0. The van der Waals surface area contributed by atoms with Crippen LogP contribution in [0.5, 0.6) is 11.8 Å². The van der Waals surface area contributed by atoms with E-state index in [2.05, 4.69) is 20.6 Å². The van der Waals surface area contributed by atoms with E-state index in [9.17, 15) is 9.90 Å². The van der Waals surface area contributed by atoms with Crippen LogP contribution in [0.3, 0.4) is 0 Å². The Kier molecular flexibility index (Phi) is 6.10. The van der Waals surface area contributed by atoms with Crippen molar-refractivity contribution in [3.8, 4) is 17.4 Å². The predicted octanol–water partition coefficient (Wildman–Crippen LogP) is 3.14. The van der Waals surface area contributed by atoms with Crippen LogP contribution in [0.2, 0.25) is 5.02 Å². The van der Waals surface area contributed by atoms with Crippen molar-refractivity contribution in [2.75, 3.05) is 39.3 Å². The molecule has 1 aromatic carbocycles. The number of benzene rings is 1. The largest absolute Gasteiger partial charge is 0.508 e. The Labute approximate surface area is 242 Å². The molecule has 10 nitrogen and oxygen atoms in total. The number of aromatic hydroxyl groups is 1. The molecule has 3 saturated heterocycles. The predicted molar refractivity (Wildman–Crippen MR) is 156 cm³/mol. The fraction of sp³-hybridized carbons (Fsp3) is 0.533. The Morgan fingerprint density at radius 3 is 2.78 bits per heavy atom. The van der Waals surface area contributed by atoms with Crippen LogP contribution >= 0.6 is 11.6 Å². The molecule has 3 N–H and O–H groups in total. The first-order valence-corrected chi connectivity index (χ1v) is 15.2. The average Bonchev–Trinajstić information content (AvgIpc) is 3.69. The maximum atomic E-state index is 14.2. The number of rotatable bonds is 6. The molecule has 0 radical (unpaired) electrons. The van der Waals surface area contributed by atoms with E-state index in [0.29, 0.717) is 28.7 Å². The molecule has 5 aliphatic heterocycles. The minimum atomic E-state index is -0.373. The first kappa shape index (κ1) is 25.6. The molecule has 1 unspecified atom stereocenters. The molecule has 2 aromatic heterocycles. The van der Waals surface area contributed by atoms with Gasteiger partial charge in [0.15, 0.2) is 0 Å². The number of nitrogens with zero attached hydrogens (tertiary/aromatic N) is 5. The van der Waals surface area contributed by atoms with E-state index < -0.39 is 0 Å². The zero-order valence-corrected chi connectivity index (χ0v) is 23.7. The number of hydrogen-bond donors (Lipinski definition) is 3. The Balaban J connectivity index is 1.28. The van der Waals surface area contributed by atoms with E-state index in [-0.39, 0.29) is 34.3 Å². The van der Waals surface area contributed by atoms with Crippen LogP contribution in [0.15, 0.2) is 28.7 Å². The second kappa shape index (κ2) is 9.76. The number of phenols is 1. The van der Waals surface area contributed by atoms with E-state index in [4.69, 9.17) is 26.3 Å². The van der Waals surface area contributed by atoms with Gasteiger partial charge in [-0.25, -0.2) is 0 Å². The van der Waals surface area contributed by atoms with Gasteiger partial charge in [0.1, 0.15) is 17.9 Å². The standard InChI is InChI=1S/C30H34ClN7O3/c31-23-10-20(39)11-24(25(23)17-3-4-17)38-28(40)27-22(15-34-38)26(21-9-19-14-32-12-18(21)13-33-19)35-29(36-27)41-16-30-5-1-7-37(30)8-2-6-30/h10-11,15,17,19,32-33,39H,1-9,12-14,16H2. The quantitative estimate of drug-likeness (QED) is 0.407. The summed E-state index contributed by atoms with van der Waals surface area (Å²) in [5, 5.41) is 23.2. The smallest absolute Gasteiger partial charge is 0.317 e. The summed E-state index contributed by atoms with van der Waals surface area (Å²) < 4.78 is 7.74. The Hall–Kier alpha value is -3.05. The minimum Gasteiger partial charge on any atom is -0.508 e. The summed E-state index contributed by atoms with van der Waals surface area (Å²) in [4.78, 5) is 26.4. The van der Waals surface area contributed by atoms with Crippen LogP contribution < -0.4 is 20.9 Å². The third kappa shape index (κ3) is 4.34. The minimum absolute atomic E-state index is 0.00558. The van der Waals surface area contributed by atoms with Gasteiger partial charge in [-0.1, -0.05) is 11.6 Å². The monoisotopic (exact) mass is 575 g/mol. The molecule has 7 heterocycles. The molecule has 11 heteroatoms. The number of fused-ring (bicyclic) bond motifs is 6. The summed E-state index contributed by atoms with van der Waals surface area (Å²) in [6.45, 7) is 5.17. The molecule has 0 amide bonds. The summed E-state index contributed by atoms with van der Waals surface area (Å²) in [6.07, 6.45) is 9.05. The van der Waals surface area contributed by atoms with Crippen LogP contribution in [0.4, 0.5) is 0 Å². The fourth-order valence-corrected chi connectivity index (χ4v) is 7.84. The van der Waals surface area contributed by atoms with Gasteiger partial charge in [0.2, 0.25) is 0 Å². The number of hydrogen-bond acceptors (Lipinski definition) is 9. The summed E-state index contributed by atoms with van der Waals surface area (Å²) in [7, 11) is 0. The van der Waals surface area contributed by atoms with Crippen LogP contribution in [-0.4, -0.2) is 80.7 Å². The second-order valence-electron chi connectivity index (χ2n) is 12.3. The summed E-state index contributed by atoms with van der Waals surface area (Å²) in [5.74, 6) is 0.241. The molecule has 4 fully saturated rings. The molecule has 9 rings (SSSR count). The van der Waals surface area contributed by atoms with Crippen molar-refractivity contribution in [1.29, 1.82) is 0 Å². The highest BCUT2D eigenvalue weighted by Gasteiger charge is 2.45. The summed E-state index contributed by atoms with van der Waals surface area (Å²) in [5.41, 5.74) is 4.37. The SMILES string of the molecule is O=c1c2nc(OCC34CCCN3CCC4)nc(C3=C4CNCC(C3)NC4)c2cnn1-c1cc(O)cc(Cl)c1C1CC1. The average molecular weight is 576 g/mol. The van der Waals surface area contributed by atoms with Gasteiger partial charge in [-0.2, -0.15) is 19.7 Å². The van der Waals surface area contributed by atoms with Gasteiger partial charge >= 0.3 is 6.01 Å². The van der Waals surface area contributed by atoms with Crippen molar-refractivity contribution in [2.45, 2.75) is 62.4 Å². The number of aromatic nitrogens is 4. The lowest BCUT2D eigenvalue weighted by molar-refractivity contribution is 0.107. The number of phenolic OH excluding ortho intramolecular Hbond substituents is 1. The third-order valence-electron chi connectivity index (χ3n) is 9.71. The molecule has 1 atom stereocenters. The van der Waals surface area contributed by atoms with E-state index in [1.165, 1.54) is 29.2 Å². The van der Waals surface area contributed by atoms with Crippen LogP contribution in [-0.2, 0) is 0 Å². The highest BCUT2D eigenvalue weighted by Crippen LogP contribution is 2.47. The van der Waals surface area contributed by atoms with Gasteiger partial charge in [-0.05, 0) is 86.7 Å². The second-order valence-corrected chi connectivity index (χ2v) is 12.7. The Bertz CT molecular complexity index is 1640. The maximum absolute atomic E-state index is 14.2. The molecular formula is C30H34ClN7O3. The van der Waals surface area contributed by atoms with E-state index in [0.717, 1.165) is 81.7 Å². The molecule has 2 bridgehead atoms. The van der Waals surface area contributed by atoms with Crippen molar-refractivity contribution in [1.82, 2.24) is 35.3 Å². The van der Waals surface area contributed by atoms with E-state index >= 15 is 0 Å². The third-order valence-corrected chi connectivity index (χ3v) is 10.0. The highest BCUT2D eigenvalue weighted by molar-refractivity contribution is 6.32. The molecule has 3 aromatic rings. The molecule has 6 aliphatic rings. The van der Waals surface area contributed by atoms with Gasteiger partial charge in [-0.3, -0.25) is 9.69 Å². The zero-order valence-electron chi connectivity index (χ0n) is 23.0. The van der Waals surface area contributed by atoms with Gasteiger partial charge in [0.25, 0.3) is 5.56 Å². The lowest BCUT2D eigenvalue weighted by Gasteiger charge is -2.31. The van der Waals surface area contributed by atoms with Gasteiger partial charge in [-0.15, -0.1) is 0 Å². The number of halogens is 1. The summed E-state index contributed by atoms with van der Waals surface area (Å²) >= 11 is 6.57. The Morgan fingerprint density at radius 2 is 1.98 bits per heavy atom. The van der Waals surface area contributed by atoms with Crippen molar-refractivity contribution in [3.05, 3.63) is 50.5 Å². The normalized spacial score (nSPS) is 23.8. The van der Waals surface area contributed by atoms with Crippen LogP contribution in [0.25, 0.3) is 22.2 Å². The number of nitrogens with one attached hydrogen (secondary N) is 2. The first-order valence-electron chi connectivity index (χ1n) is 14.9. The van der Waals surface area contributed by atoms with Gasteiger partial charge in [0, 0.05) is 36.8 Å². The topological polar surface area (TPSA) is 117 Å². The van der Waals surface area contributed by atoms with E-state index in [1.54, 1.807) is 12.3 Å². The number of ether oxygens (including phenoxy) is 1. The Morgan fingerprint density at radius 1 is 1.15 bits per heavy atom. The van der Waals surface area contributed by atoms with Crippen molar-refractivity contribution in [3.63, 3.8) is 0 Å². The summed E-state index contributed by atoms with van der Waals surface area (Å²) in [6, 6.07) is 3.63. The van der Waals surface area contributed by atoms with Crippen molar-refractivity contribution in [2.24, 2.45) is 0 Å². The van der Waals surface area contributed by atoms with Gasteiger partial charge < -0.3 is 20.5 Å². The van der Waals surface area contributed by atoms with Crippen molar-refractivity contribution >= 4 is 28.1 Å². The van der Waals surface area contributed by atoms with E-state index in [1.807, 2.05) is 0 Å². The van der Waals surface area contributed by atoms with Crippen LogP contribution in [0.1, 0.15) is 62.1 Å². The lowest BCUT2D eigenvalue weighted by atomic mass is 9.93. The fourth-order valence-electron chi connectivity index (χ4n) is 7.48. The zero-order chi connectivity index (χ0) is 27.7. The lowest BCUT2D eigenvalue weighted by Crippen LogP contribution is -2.43. The molecule has 41 heavy (non-hydrogen) atoms.